The Hall–Kier alpha value is -2.33. The molecule has 0 atom stereocenters. The molecule has 0 spiro atoms. The predicted molar refractivity (Wildman–Crippen MR) is 93.8 cm³/mol. The Kier molecular flexibility index (Phi) is 6.63. The lowest BCUT2D eigenvalue weighted by molar-refractivity contribution is 0.0937. The van der Waals surface area contributed by atoms with Gasteiger partial charge in [0.05, 0.1) is 6.61 Å². The van der Waals surface area contributed by atoms with Crippen molar-refractivity contribution in [2.24, 2.45) is 0 Å². The molecule has 0 unspecified atom stereocenters. The summed E-state index contributed by atoms with van der Waals surface area (Å²) in [6, 6.07) is 16.0. The van der Waals surface area contributed by atoms with Gasteiger partial charge < -0.3 is 15.4 Å². The first kappa shape index (κ1) is 17.0. The Morgan fingerprint density at radius 1 is 1.13 bits per heavy atom. The van der Waals surface area contributed by atoms with E-state index < -0.39 is 0 Å². The average molecular weight is 312 g/mol. The first-order valence-electron chi connectivity index (χ1n) is 7.92. The summed E-state index contributed by atoms with van der Waals surface area (Å²) in [4.78, 5) is 12.1. The highest BCUT2D eigenvalue weighted by Crippen LogP contribution is 2.17. The van der Waals surface area contributed by atoms with Crippen LogP contribution >= 0.6 is 0 Å². The van der Waals surface area contributed by atoms with Gasteiger partial charge in [0.15, 0.2) is 0 Å². The molecule has 0 fully saturated rings. The maximum atomic E-state index is 12.1. The zero-order valence-electron chi connectivity index (χ0n) is 13.8. The van der Waals surface area contributed by atoms with E-state index in [1.165, 1.54) is 5.56 Å². The summed E-state index contributed by atoms with van der Waals surface area (Å²) in [5.74, 6) is -0.0714. The minimum atomic E-state index is -0.0714. The van der Waals surface area contributed by atoms with Gasteiger partial charge in [-0.2, -0.15) is 0 Å². The predicted octanol–water partition coefficient (Wildman–Crippen LogP) is 3.24. The van der Waals surface area contributed by atoms with Crippen molar-refractivity contribution in [3.05, 3.63) is 65.2 Å². The van der Waals surface area contributed by atoms with E-state index in [2.05, 4.69) is 35.8 Å². The van der Waals surface area contributed by atoms with Gasteiger partial charge in [-0.15, -0.1) is 0 Å². The number of carbonyl (C=O) groups is 1. The van der Waals surface area contributed by atoms with Crippen molar-refractivity contribution in [2.75, 3.05) is 25.6 Å². The molecule has 2 rings (SSSR count). The molecule has 2 aromatic carbocycles. The van der Waals surface area contributed by atoms with Crippen molar-refractivity contribution in [3.63, 3.8) is 0 Å². The van der Waals surface area contributed by atoms with Crippen molar-refractivity contribution in [1.29, 1.82) is 0 Å². The van der Waals surface area contributed by atoms with Crippen LogP contribution in [0.1, 0.15) is 28.4 Å². The van der Waals surface area contributed by atoms with Gasteiger partial charge in [0.2, 0.25) is 0 Å². The lowest BCUT2D eigenvalue weighted by Gasteiger charge is -2.11. The van der Waals surface area contributed by atoms with Gasteiger partial charge in [-0.1, -0.05) is 37.3 Å². The third-order valence-corrected chi connectivity index (χ3v) is 3.66. The number of ether oxygens (including phenoxy) is 1. The van der Waals surface area contributed by atoms with Gasteiger partial charge in [-0.05, 0) is 35.7 Å². The Morgan fingerprint density at radius 3 is 2.74 bits per heavy atom. The summed E-state index contributed by atoms with van der Waals surface area (Å²) in [5.41, 5.74) is 4.19. The van der Waals surface area contributed by atoms with Gasteiger partial charge in [0, 0.05) is 31.5 Å². The number of anilines is 1. The molecule has 4 heteroatoms. The van der Waals surface area contributed by atoms with Crippen LogP contribution in [0.15, 0.2) is 48.5 Å². The summed E-state index contributed by atoms with van der Waals surface area (Å²) in [5, 5.41) is 6.28. The molecule has 1 amide bonds. The topological polar surface area (TPSA) is 50.4 Å². The second kappa shape index (κ2) is 8.96. The maximum Gasteiger partial charge on any atom is 0.251 e. The molecule has 0 aliphatic carbocycles. The van der Waals surface area contributed by atoms with E-state index in [0.717, 1.165) is 17.7 Å². The molecule has 0 saturated heterocycles. The third kappa shape index (κ3) is 5.11. The van der Waals surface area contributed by atoms with E-state index in [-0.39, 0.29) is 5.91 Å². The van der Waals surface area contributed by atoms with Crippen LogP contribution in [-0.2, 0) is 17.7 Å². The number of carbonyl (C=O) groups excluding carboxylic acids is 1. The van der Waals surface area contributed by atoms with Crippen molar-refractivity contribution in [1.82, 2.24) is 5.32 Å². The molecular formula is C19H24N2O2. The molecule has 23 heavy (non-hydrogen) atoms. The molecule has 2 aromatic rings. The SMILES string of the molecule is CCc1ccccc1NCc1cccc(C(=O)NCCOC)c1. The van der Waals surface area contributed by atoms with Crippen molar-refractivity contribution < 1.29 is 9.53 Å². The summed E-state index contributed by atoms with van der Waals surface area (Å²) in [7, 11) is 1.62. The fraction of sp³-hybridized carbons (Fsp3) is 0.316. The van der Waals surface area contributed by atoms with Gasteiger partial charge in [0.25, 0.3) is 5.91 Å². The smallest absolute Gasteiger partial charge is 0.251 e. The number of methoxy groups -OCH3 is 1. The Labute approximate surface area is 137 Å². The molecule has 2 N–H and O–H groups in total. The number of aryl methyl sites for hydroxylation is 1. The minimum Gasteiger partial charge on any atom is -0.383 e. The number of para-hydroxylation sites is 1. The van der Waals surface area contributed by atoms with Gasteiger partial charge in [-0.25, -0.2) is 0 Å². The second-order valence-corrected chi connectivity index (χ2v) is 5.31. The number of amides is 1. The van der Waals surface area contributed by atoms with Gasteiger partial charge in [-0.3, -0.25) is 4.79 Å². The van der Waals surface area contributed by atoms with Crippen LogP contribution in [0.3, 0.4) is 0 Å². The molecule has 0 saturated carbocycles. The highest BCUT2D eigenvalue weighted by molar-refractivity contribution is 5.94. The summed E-state index contributed by atoms with van der Waals surface area (Å²) >= 11 is 0. The monoisotopic (exact) mass is 312 g/mol. The average Bonchev–Trinajstić information content (AvgIpc) is 2.60. The van der Waals surface area contributed by atoms with Gasteiger partial charge >= 0.3 is 0 Å². The van der Waals surface area contributed by atoms with Crippen LogP contribution in [0.4, 0.5) is 5.69 Å². The first-order valence-corrected chi connectivity index (χ1v) is 7.92. The van der Waals surface area contributed by atoms with E-state index >= 15 is 0 Å². The highest BCUT2D eigenvalue weighted by atomic mass is 16.5. The van der Waals surface area contributed by atoms with E-state index in [1.807, 2.05) is 30.3 Å². The summed E-state index contributed by atoms with van der Waals surface area (Å²) in [6.45, 7) is 3.87. The summed E-state index contributed by atoms with van der Waals surface area (Å²) in [6.07, 6.45) is 0.991. The molecule has 0 aliphatic rings. The minimum absolute atomic E-state index is 0.0714. The molecule has 0 radical (unpaired) electrons. The van der Waals surface area contributed by atoms with Gasteiger partial charge in [0.1, 0.15) is 0 Å². The van der Waals surface area contributed by atoms with Crippen LogP contribution < -0.4 is 10.6 Å². The number of nitrogens with one attached hydrogen (secondary N) is 2. The van der Waals surface area contributed by atoms with E-state index in [9.17, 15) is 4.79 Å². The third-order valence-electron chi connectivity index (χ3n) is 3.66. The lowest BCUT2D eigenvalue weighted by atomic mass is 10.1. The normalized spacial score (nSPS) is 10.3. The van der Waals surface area contributed by atoms with Crippen molar-refractivity contribution in [3.8, 4) is 0 Å². The largest absolute Gasteiger partial charge is 0.383 e. The van der Waals surface area contributed by atoms with E-state index in [4.69, 9.17) is 4.74 Å². The Bertz CT molecular complexity index is 641. The molecule has 0 heterocycles. The molecule has 4 nitrogen and oxygen atoms in total. The number of benzene rings is 2. The number of hydrogen-bond acceptors (Lipinski definition) is 3. The second-order valence-electron chi connectivity index (χ2n) is 5.31. The van der Waals surface area contributed by atoms with Crippen molar-refractivity contribution in [2.45, 2.75) is 19.9 Å². The number of hydrogen-bond donors (Lipinski definition) is 2. The van der Waals surface area contributed by atoms with Crippen LogP contribution in [-0.4, -0.2) is 26.2 Å². The van der Waals surface area contributed by atoms with Crippen LogP contribution in [0.25, 0.3) is 0 Å². The van der Waals surface area contributed by atoms with Crippen LogP contribution in [0.2, 0.25) is 0 Å². The Morgan fingerprint density at radius 2 is 1.96 bits per heavy atom. The molecule has 122 valence electrons. The Balaban J connectivity index is 1.98. The van der Waals surface area contributed by atoms with Crippen LogP contribution in [0.5, 0.6) is 0 Å². The standard InChI is InChI=1S/C19H24N2O2/c1-3-16-8-4-5-10-18(16)21-14-15-7-6-9-17(13-15)19(22)20-11-12-23-2/h4-10,13,21H,3,11-12,14H2,1-2H3,(H,20,22). The zero-order chi connectivity index (χ0) is 16.5. The van der Waals surface area contributed by atoms with Crippen molar-refractivity contribution >= 4 is 11.6 Å². The molecular weight excluding hydrogens is 288 g/mol. The van der Waals surface area contributed by atoms with Crippen LogP contribution in [0, 0.1) is 0 Å². The maximum absolute atomic E-state index is 12.1. The number of rotatable bonds is 8. The molecule has 0 aromatic heterocycles. The fourth-order valence-corrected chi connectivity index (χ4v) is 2.39. The summed E-state index contributed by atoms with van der Waals surface area (Å²) < 4.78 is 4.94. The lowest BCUT2D eigenvalue weighted by Crippen LogP contribution is -2.27. The first-order chi connectivity index (χ1) is 11.2. The molecule has 0 aliphatic heterocycles. The zero-order valence-corrected chi connectivity index (χ0v) is 13.8. The van der Waals surface area contributed by atoms with E-state index in [1.54, 1.807) is 7.11 Å². The quantitative estimate of drug-likeness (QED) is 0.736. The fourth-order valence-electron chi connectivity index (χ4n) is 2.39. The molecule has 0 bridgehead atoms. The highest BCUT2D eigenvalue weighted by Gasteiger charge is 2.06. The van der Waals surface area contributed by atoms with E-state index in [0.29, 0.717) is 25.3 Å².